The fourth-order valence-corrected chi connectivity index (χ4v) is 2.52. The minimum atomic E-state index is 0.219. The van der Waals surface area contributed by atoms with Crippen molar-refractivity contribution in [2.45, 2.75) is 31.1 Å². The van der Waals surface area contributed by atoms with Gasteiger partial charge >= 0.3 is 0 Å². The van der Waals surface area contributed by atoms with Crippen LogP contribution in [0.25, 0.3) is 0 Å². The third-order valence-electron chi connectivity index (χ3n) is 2.77. The van der Waals surface area contributed by atoms with E-state index in [1.807, 2.05) is 18.2 Å². The second-order valence-electron chi connectivity index (χ2n) is 4.00. The predicted molar refractivity (Wildman–Crippen MR) is 66.7 cm³/mol. The molecule has 0 heterocycles. The molecule has 1 unspecified atom stereocenters. The van der Waals surface area contributed by atoms with Crippen molar-refractivity contribution in [2.75, 3.05) is 0 Å². The van der Waals surface area contributed by atoms with Gasteiger partial charge in [0.25, 0.3) is 0 Å². The second-order valence-corrected chi connectivity index (χ2v) is 4.97. The Morgan fingerprint density at radius 3 is 2.80 bits per heavy atom. The molecule has 0 saturated heterocycles. The third kappa shape index (κ3) is 2.99. The summed E-state index contributed by atoms with van der Waals surface area (Å²) in [4.78, 5) is 0. The number of hydrogen-bond donors (Lipinski definition) is 0. The lowest BCUT2D eigenvalue weighted by molar-refractivity contribution is 0.693. The molecule has 1 aliphatic carbocycles. The molecule has 1 atom stereocenters. The van der Waals surface area contributed by atoms with Crippen molar-refractivity contribution < 1.29 is 0 Å². The van der Waals surface area contributed by atoms with Gasteiger partial charge in [-0.1, -0.05) is 41.4 Å². The van der Waals surface area contributed by atoms with Crippen molar-refractivity contribution in [3.8, 4) is 0 Å². The van der Waals surface area contributed by atoms with Crippen LogP contribution in [0, 0.1) is 0 Å². The zero-order valence-corrected chi connectivity index (χ0v) is 10.1. The summed E-state index contributed by atoms with van der Waals surface area (Å²) in [5.74, 6) is 0. The van der Waals surface area contributed by atoms with Gasteiger partial charge in [-0.15, -0.1) is 11.6 Å². The van der Waals surface area contributed by atoms with E-state index in [-0.39, 0.29) is 5.38 Å². The molecule has 0 bridgehead atoms. The summed E-state index contributed by atoms with van der Waals surface area (Å²) in [6, 6.07) is 8.02. The Balaban J connectivity index is 2.12. The largest absolute Gasteiger partial charge is 0.118 e. The average molecular weight is 241 g/mol. The van der Waals surface area contributed by atoms with Crippen LogP contribution in [-0.4, -0.2) is 5.38 Å². The molecule has 0 fully saturated rings. The zero-order chi connectivity index (χ0) is 10.7. The Kier molecular flexibility index (Phi) is 3.71. The van der Waals surface area contributed by atoms with Crippen molar-refractivity contribution in [3.05, 3.63) is 46.5 Å². The maximum atomic E-state index is 6.12. The van der Waals surface area contributed by atoms with Crippen LogP contribution in [0.4, 0.5) is 0 Å². The molecule has 1 aromatic rings. The van der Waals surface area contributed by atoms with Crippen molar-refractivity contribution in [1.29, 1.82) is 0 Å². The van der Waals surface area contributed by atoms with Crippen LogP contribution in [0.2, 0.25) is 5.02 Å². The van der Waals surface area contributed by atoms with Crippen LogP contribution in [0.5, 0.6) is 0 Å². The summed E-state index contributed by atoms with van der Waals surface area (Å²) in [7, 11) is 0. The summed E-state index contributed by atoms with van der Waals surface area (Å²) in [6.07, 6.45) is 6.60. The van der Waals surface area contributed by atoms with E-state index in [1.54, 1.807) is 0 Å². The molecule has 0 aromatic heterocycles. The predicted octanol–water partition coefficient (Wildman–Crippen LogP) is 4.60. The van der Waals surface area contributed by atoms with Crippen LogP contribution in [0.1, 0.15) is 24.8 Å². The summed E-state index contributed by atoms with van der Waals surface area (Å²) in [6.45, 7) is 0. The Labute approximate surface area is 101 Å². The molecule has 15 heavy (non-hydrogen) atoms. The van der Waals surface area contributed by atoms with Crippen LogP contribution in [0.15, 0.2) is 35.9 Å². The summed E-state index contributed by atoms with van der Waals surface area (Å²) >= 11 is 12.2. The first kappa shape index (κ1) is 11.0. The van der Waals surface area contributed by atoms with E-state index in [4.69, 9.17) is 23.2 Å². The first-order valence-corrected chi connectivity index (χ1v) is 6.14. The highest BCUT2D eigenvalue weighted by atomic mass is 35.5. The molecule has 0 nitrogen and oxygen atoms in total. The number of hydrogen-bond acceptors (Lipinski definition) is 0. The summed E-state index contributed by atoms with van der Waals surface area (Å²) < 4.78 is 0. The zero-order valence-electron chi connectivity index (χ0n) is 8.55. The highest BCUT2D eigenvalue weighted by molar-refractivity contribution is 6.31. The fraction of sp³-hybridized carbons (Fsp3) is 0.385. The Bertz CT molecular complexity index is 369. The molecule has 0 radical (unpaired) electrons. The average Bonchev–Trinajstić information content (AvgIpc) is 2.22. The normalized spacial score (nSPS) is 21.2. The number of rotatable bonds is 2. The molecular formula is C13H14Cl2. The number of benzene rings is 1. The maximum absolute atomic E-state index is 6.12. The number of halogens is 2. The molecule has 0 amide bonds. The third-order valence-corrected chi connectivity index (χ3v) is 3.48. The van der Waals surface area contributed by atoms with E-state index in [9.17, 15) is 0 Å². The van der Waals surface area contributed by atoms with Gasteiger partial charge in [-0.25, -0.2) is 0 Å². The van der Waals surface area contributed by atoms with Crippen molar-refractivity contribution in [1.82, 2.24) is 0 Å². The van der Waals surface area contributed by atoms with Crippen molar-refractivity contribution >= 4 is 23.2 Å². The van der Waals surface area contributed by atoms with Crippen LogP contribution >= 0.6 is 23.2 Å². The Morgan fingerprint density at radius 2 is 2.07 bits per heavy atom. The van der Waals surface area contributed by atoms with Crippen molar-refractivity contribution in [2.24, 2.45) is 0 Å². The fourth-order valence-electron chi connectivity index (χ4n) is 1.98. The van der Waals surface area contributed by atoms with Crippen LogP contribution in [-0.2, 0) is 6.42 Å². The molecule has 0 spiro atoms. The Hall–Kier alpha value is -0.460. The molecule has 80 valence electrons. The van der Waals surface area contributed by atoms with E-state index < -0.39 is 0 Å². The van der Waals surface area contributed by atoms with Gasteiger partial charge in [0.1, 0.15) is 0 Å². The molecule has 1 aromatic carbocycles. The summed E-state index contributed by atoms with van der Waals surface area (Å²) in [5, 5.41) is 1.08. The maximum Gasteiger partial charge on any atom is 0.0518 e. The first-order valence-electron chi connectivity index (χ1n) is 5.33. The number of alkyl halides is 1. The first-order chi connectivity index (χ1) is 7.25. The summed E-state index contributed by atoms with van der Waals surface area (Å²) in [5.41, 5.74) is 2.63. The molecular weight excluding hydrogens is 227 g/mol. The Morgan fingerprint density at radius 1 is 1.27 bits per heavy atom. The topological polar surface area (TPSA) is 0 Å². The van der Waals surface area contributed by atoms with Gasteiger partial charge in [-0.3, -0.25) is 0 Å². The monoisotopic (exact) mass is 240 g/mol. The van der Waals surface area contributed by atoms with Crippen LogP contribution in [0.3, 0.4) is 0 Å². The highest BCUT2D eigenvalue weighted by Gasteiger charge is 2.12. The lowest BCUT2D eigenvalue weighted by Crippen LogP contribution is -2.05. The molecule has 0 saturated carbocycles. The van der Waals surface area contributed by atoms with Gasteiger partial charge in [0.2, 0.25) is 0 Å². The van der Waals surface area contributed by atoms with E-state index in [1.165, 1.54) is 17.6 Å². The molecule has 0 N–H and O–H groups in total. The van der Waals surface area contributed by atoms with Gasteiger partial charge < -0.3 is 0 Å². The standard InChI is InChI=1S/C13H14Cl2/c14-12-6-3-4-10(9-12)8-11-5-1-2-7-13(11)15/h1-2,5,7,9,12H,3-4,6,8H2. The van der Waals surface area contributed by atoms with Crippen molar-refractivity contribution in [3.63, 3.8) is 0 Å². The van der Waals surface area contributed by atoms with Gasteiger partial charge in [-0.05, 0) is 37.3 Å². The molecule has 2 rings (SSSR count). The highest BCUT2D eigenvalue weighted by Crippen LogP contribution is 2.26. The van der Waals surface area contributed by atoms with E-state index in [0.717, 1.165) is 24.3 Å². The molecule has 0 aliphatic heterocycles. The number of allylic oxidation sites excluding steroid dienone is 2. The van der Waals surface area contributed by atoms with E-state index in [0.29, 0.717) is 0 Å². The minimum absolute atomic E-state index is 0.219. The second kappa shape index (κ2) is 5.05. The van der Waals surface area contributed by atoms with Gasteiger partial charge in [0.05, 0.1) is 5.38 Å². The molecule has 1 aliphatic rings. The lowest BCUT2D eigenvalue weighted by atomic mass is 9.94. The molecule has 2 heteroatoms. The SMILES string of the molecule is Clc1ccccc1CC1=CC(Cl)CCC1. The van der Waals surface area contributed by atoms with E-state index >= 15 is 0 Å². The van der Waals surface area contributed by atoms with Gasteiger partial charge in [-0.2, -0.15) is 0 Å². The van der Waals surface area contributed by atoms with Crippen LogP contribution < -0.4 is 0 Å². The van der Waals surface area contributed by atoms with Gasteiger partial charge in [0.15, 0.2) is 0 Å². The quantitative estimate of drug-likeness (QED) is 0.524. The van der Waals surface area contributed by atoms with Gasteiger partial charge in [0, 0.05) is 5.02 Å². The minimum Gasteiger partial charge on any atom is -0.118 e. The lowest BCUT2D eigenvalue weighted by Gasteiger charge is -2.16. The smallest absolute Gasteiger partial charge is 0.0518 e. The van der Waals surface area contributed by atoms with E-state index in [2.05, 4.69) is 12.1 Å².